The van der Waals surface area contributed by atoms with E-state index in [0.717, 1.165) is 70.3 Å². The Balaban J connectivity index is 1.11. The zero-order chi connectivity index (χ0) is 28.3. The second-order valence-electron chi connectivity index (χ2n) is 12.6. The summed E-state index contributed by atoms with van der Waals surface area (Å²) in [5, 5.41) is 11.3. The Morgan fingerprint density at radius 3 is 2.54 bits per heavy atom. The average molecular weight is 576 g/mol. The van der Waals surface area contributed by atoms with E-state index >= 15 is 0 Å². The maximum atomic E-state index is 14.3. The molecule has 7 heteroatoms. The molecular formula is C34H42FN3O2S. The third-order valence-corrected chi connectivity index (χ3v) is 11.1. The zero-order valence-electron chi connectivity index (χ0n) is 24.1. The second-order valence-corrected chi connectivity index (χ2v) is 13.7. The number of likely N-dealkylation sites (tertiary alicyclic amines) is 2. The van der Waals surface area contributed by atoms with Gasteiger partial charge in [-0.2, -0.15) is 0 Å². The number of carboxylic acid groups (broad SMARTS) is 1. The van der Waals surface area contributed by atoms with Gasteiger partial charge in [-0.1, -0.05) is 61.7 Å². The summed E-state index contributed by atoms with van der Waals surface area (Å²) in [6, 6.07) is 17.1. The molecule has 5 nitrogen and oxygen atoms in total. The highest BCUT2D eigenvalue weighted by Crippen LogP contribution is 2.40. The van der Waals surface area contributed by atoms with Crippen molar-refractivity contribution in [3.05, 3.63) is 87.1 Å². The summed E-state index contributed by atoms with van der Waals surface area (Å²) in [4.78, 5) is 23.5. The molecule has 6 rings (SSSR count). The van der Waals surface area contributed by atoms with E-state index in [0.29, 0.717) is 24.3 Å². The van der Waals surface area contributed by atoms with Gasteiger partial charge in [0.05, 0.1) is 10.7 Å². The fraction of sp³-hybridized carbons (Fsp3) is 0.529. The highest BCUT2D eigenvalue weighted by molar-refractivity contribution is 7.11. The van der Waals surface area contributed by atoms with E-state index in [1.54, 1.807) is 12.1 Å². The first-order valence-electron chi connectivity index (χ1n) is 15.4. The van der Waals surface area contributed by atoms with Crippen molar-refractivity contribution >= 4 is 17.3 Å². The number of hydrogen-bond donors (Lipinski definition) is 1. The van der Waals surface area contributed by atoms with Gasteiger partial charge in [-0.15, -0.1) is 11.3 Å². The fourth-order valence-corrected chi connectivity index (χ4v) is 8.58. The number of carbonyl (C=O) groups is 1. The lowest BCUT2D eigenvalue weighted by atomic mass is 9.80. The molecule has 1 aliphatic carbocycles. The maximum absolute atomic E-state index is 14.3. The van der Waals surface area contributed by atoms with Crippen LogP contribution in [0.25, 0.3) is 0 Å². The maximum Gasteiger partial charge on any atom is 0.320 e. The van der Waals surface area contributed by atoms with E-state index in [2.05, 4.69) is 47.1 Å². The molecule has 2 aliphatic heterocycles. The van der Waals surface area contributed by atoms with Gasteiger partial charge < -0.3 is 10.0 Å². The molecule has 3 heterocycles. The van der Waals surface area contributed by atoms with Crippen LogP contribution < -0.4 is 0 Å². The van der Waals surface area contributed by atoms with Crippen LogP contribution >= 0.6 is 11.3 Å². The van der Waals surface area contributed by atoms with Gasteiger partial charge in [0.15, 0.2) is 0 Å². The number of aromatic nitrogens is 1. The lowest BCUT2D eigenvalue weighted by Crippen LogP contribution is -2.43. The number of aliphatic carboxylic acids is 1. The molecule has 0 amide bonds. The first kappa shape index (κ1) is 28.5. The molecule has 3 aliphatic rings. The van der Waals surface area contributed by atoms with E-state index in [1.807, 2.05) is 17.4 Å². The van der Waals surface area contributed by atoms with Crippen molar-refractivity contribution in [2.24, 2.45) is 11.8 Å². The van der Waals surface area contributed by atoms with Crippen LogP contribution in [0, 0.1) is 24.6 Å². The third-order valence-electron chi connectivity index (χ3n) is 9.78. The molecule has 0 unspecified atom stereocenters. The standard InChI is InChI=1S/C34H42FN3O2S/c1-23-33(41-32(36-23)18-25-7-3-2-4-8-25)26-13-15-37(16-14-26)20-28-21-38(31(34(39)40)17-24-9-5-10-24)22-30(28)27-11-6-12-29(35)19-27/h2-4,6-8,11-12,19,24,26,28,30-31H,5,9-10,13-18,20-22H2,1H3,(H,39,40)/t28-,30+,31+/m0/s1. The molecule has 218 valence electrons. The molecule has 1 saturated carbocycles. The van der Waals surface area contributed by atoms with Gasteiger partial charge in [-0.25, -0.2) is 9.37 Å². The van der Waals surface area contributed by atoms with Crippen molar-refractivity contribution in [1.82, 2.24) is 14.8 Å². The highest BCUT2D eigenvalue weighted by Gasteiger charge is 2.41. The van der Waals surface area contributed by atoms with Gasteiger partial charge in [0, 0.05) is 36.9 Å². The van der Waals surface area contributed by atoms with Crippen LogP contribution in [-0.2, 0) is 11.2 Å². The molecule has 0 radical (unpaired) electrons. The summed E-state index contributed by atoms with van der Waals surface area (Å²) in [6.07, 6.45) is 7.39. The van der Waals surface area contributed by atoms with Gasteiger partial charge in [0.25, 0.3) is 0 Å². The molecule has 1 N–H and O–H groups in total. The normalized spacial score (nSPS) is 23.5. The van der Waals surface area contributed by atoms with E-state index in [-0.39, 0.29) is 11.7 Å². The number of rotatable bonds is 10. The van der Waals surface area contributed by atoms with Crippen molar-refractivity contribution in [2.45, 2.75) is 69.7 Å². The third kappa shape index (κ3) is 6.73. The summed E-state index contributed by atoms with van der Waals surface area (Å²) >= 11 is 1.88. The predicted octanol–water partition coefficient (Wildman–Crippen LogP) is 6.72. The van der Waals surface area contributed by atoms with Gasteiger partial charge >= 0.3 is 5.97 Å². The molecule has 1 aromatic heterocycles. The Labute approximate surface area is 247 Å². The monoisotopic (exact) mass is 575 g/mol. The summed E-state index contributed by atoms with van der Waals surface area (Å²) in [5.41, 5.74) is 3.49. The predicted molar refractivity (Wildman–Crippen MR) is 162 cm³/mol. The fourth-order valence-electron chi connectivity index (χ4n) is 7.31. The van der Waals surface area contributed by atoms with Crippen molar-refractivity contribution in [1.29, 1.82) is 0 Å². The van der Waals surface area contributed by atoms with Crippen LogP contribution in [0.3, 0.4) is 0 Å². The number of halogens is 1. The van der Waals surface area contributed by atoms with Crippen LogP contribution in [-0.4, -0.2) is 64.6 Å². The molecular weight excluding hydrogens is 533 g/mol. The zero-order valence-corrected chi connectivity index (χ0v) is 24.9. The lowest BCUT2D eigenvalue weighted by molar-refractivity contribution is -0.144. The van der Waals surface area contributed by atoms with Crippen LogP contribution in [0.4, 0.5) is 4.39 Å². The molecule has 0 bridgehead atoms. The Kier molecular flexibility index (Phi) is 8.84. The number of piperidine rings is 1. The van der Waals surface area contributed by atoms with Crippen LogP contribution in [0.2, 0.25) is 0 Å². The number of carboxylic acids is 1. The van der Waals surface area contributed by atoms with Crippen molar-refractivity contribution in [3.63, 3.8) is 0 Å². The minimum Gasteiger partial charge on any atom is -0.480 e. The number of aryl methyl sites for hydroxylation is 1. The summed E-state index contributed by atoms with van der Waals surface area (Å²) < 4.78 is 14.3. The number of thiazole rings is 1. The number of benzene rings is 2. The van der Waals surface area contributed by atoms with E-state index in [1.165, 1.54) is 33.6 Å². The number of nitrogens with zero attached hydrogens (tertiary/aromatic N) is 3. The Hall–Kier alpha value is -2.61. The van der Waals surface area contributed by atoms with Crippen molar-refractivity contribution < 1.29 is 14.3 Å². The summed E-state index contributed by atoms with van der Waals surface area (Å²) in [5.74, 6) is 0.603. The molecule has 3 fully saturated rings. The Morgan fingerprint density at radius 1 is 1.07 bits per heavy atom. The highest BCUT2D eigenvalue weighted by atomic mass is 32.1. The van der Waals surface area contributed by atoms with Crippen molar-refractivity contribution in [3.8, 4) is 0 Å². The lowest BCUT2D eigenvalue weighted by Gasteiger charge is -2.35. The summed E-state index contributed by atoms with van der Waals surface area (Å²) in [6.45, 7) is 6.62. The minimum absolute atomic E-state index is 0.149. The number of hydrogen-bond acceptors (Lipinski definition) is 5. The molecule has 0 spiro atoms. The quantitative estimate of drug-likeness (QED) is 0.291. The van der Waals surface area contributed by atoms with Crippen LogP contribution in [0.5, 0.6) is 0 Å². The molecule has 3 atom stereocenters. The summed E-state index contributed by atoms with van der Waals surface area (Å²) in [7, 11) is 0. The van der Waals surface area contributed by atoms with E-state index in [4.69, 9.17) is 4.98 Å². The average Bonchev–Trinajstić information content (AvgIpc) is 3.51. The van der Waals surface area contributed by atoms with Gasteiger partial charge in [0.1, 0.15) is 11.9 Å². The first-order chi connectivity index (χ1) is 19.9. The SMILES string of the molecule is Cc1nc(Cc2ccccc2)sc1C1CCN(C[C@H]2CN([C@H](CC3CCC3)C(=O)O)C[C@@H]2c2cccc(F)c2)CC1. The van der Waals surface area contributed by atoms with Gasteiger partial charge in [0.2, 0.25) is 0 Å². The van der Waals surface area contributed by atoms with Gasteiger partial charge in [-0.3, -0.25) is 9.69 Å². The van der Waals surface area contributed by atoms with Crippen LogP contribution in [0.15, 0.2) is 54.6 Å². The van der Waals surface area contributed by atoms with Crippen LogP contribution in [0.1, 0.15) is 77.1 Å². The largest absolute Gasteiger partial charge is 0.480 e. The Morgan fingerprint density at radius 2 is 1.85 bits per heavy atom. The van der Waals surface area contributed by atoms with E-state index < -0.39 is 12.0 Å². The smallest absolute Gasteiger partial charge is 0.320 e. The molecule has 41 heavy (non-hydrogen) atoms. The Bertz CT molecular complexity index is 1320. The topological polar surface area (TPSA) is 56.7 Å². The van der Waals surface area contributed by atoms with Crippen molar-refractivity contribution in [2.75, 3.05) is 32.7 Å². The molecule has 2 saturated heterocycles. The van der Waals surface area contributed by atoms with E-state index in [9.17, 15) is 14.3 Å². The minimum atomic E-state index is -0.706. The second kappa shape index (κ2) is 12.7. The van der Waals surface area contributed by atoms with Gasteiger partial charge in [-0.05, 0) is 80.3 Å². The molecule has 2 aromatic carbocycles. The molecule has 3 aromatic rings. The first-order valence-corrected chi connectivity index (χ1v) is 16.2.